The van der Waals surface area contributed by atoms with E-state index in [-0.39, 0.29) is 31.5 Å². The maximum atomic E-state index is 13.5. The maximum absolute atomic E-state index is 13.5. The molecule has 9 nitrogen and oxygen atoms in total. The predicted molar refractivity (Wildman–Crippen MR) is 313 cm³/mol. The Labute approximate surface area is 449 Å². The summed E-state index contributed by atoms with van der Waals surface area (Å²) >= 11 is 0. The predicted octanol–water partition coefficient (Wildman–Crippen LogP) is 17.8. The lowest BCUT2D eigenvalue weighted by atomic mass is 10.0. The zero-order chi connectivity index (χ0) is 53.6. The van der Waals surface area contributed by atoms with E-state index in [1.807, 2.05) is 94.1 Å². The summed E-state index contributed by atoms with van der Waals surface area (Å²) in [4.78, 5) is 37.6. The number of nitrogens with zero attached hydrogens (tertiary/aromatic N) is 1. The summed E-state index contributed by atoms with van der Waals surface area (Å²) in [6.45, 7) is 6.78. The molecule has 0 aromatic heterocycles. The second kappa shape index (κ2) is 52.1. The molecule has 10 heteroatoms. The zero-order valence-corrected chi connectivity index (χ0v) is 48.5. The van der Waals surface area contributed by atoms with Crippen molar-refractivity contribution in [3.8, 4) is 0 Å². The van der Waals surface area contributed by atoms with Gasteiger partial charge in [-0.3, -0.25) is 18.6 Å². The largest absolute Gasteiger partial charge is 0.472 e. The van der Waals surface area contributed by atoms with E-state index < -0.39 is 20.0 Å². The van der Waals surface area contributed by atoms with Crippen molar-refractivity contribution in [1.29, 1.82) is 0 Å². The zero-order valence-electron chi connectivity index (χ0n) is 47.6. The van der Waals surface area contributed by atoms with Crippen LogP contribution in [0, 0.1) is 0 Å². The van der Waals surface area contributed by atoms with Crippen molar-refractivity contribution < 1.29 is 37.3 Å². The number of hydrogen-bond acceptors (Lipinski definition) is 6. The van der Waals surface area contributed by atoms with Gasteiger partial charge in [0.1, 0.15) is 19.3 Å². The van der Waals surface area contributed by atoms with Crippen molar-refractivity contribution in [1.82, 2.24) is 5.32 Å². The van der Waals surface area contributed by atoms with E-state index in [0.29, 0.717) is 23.9 Å². The lowest BCUT2D eigenvalue weighted by molar-refractivity contribution is -0.870. The first-order valence-electron chi connectivity index (χ1n) is 29.3. The lowest BCUT2D eigenvalue weighted by Crippen LogP contribution is -2.47. The van der Waals surface area contributed by atoms with E-state index in [2.05, 4.69) is 62.5 Å². The van der Waals surface area contributed by atoms with Crippen molar-refractivity contribution in [2.24, 2.45) is 0 Å². The summed E-state index contributed by atoms with van der Waals surface area (Å²) in [5.74, 6) is -0.569. The molecule has 0 saturated carbocycles. The van der Waals surface area contributed by atoms with Crippen LogP contribution in [0.4, 0.5) is 0 Å². The minimum Gasteiger partial charge on any atom is -0.456 e. The van der Waals surface area contributed by atoms with Crippen LogP contribution in [-0.4, -0.2) is 74.3 Å². The van der Waals surface area contributed by atoms with E-state index >= 15 is 0 Å². The molecule has 0 aromatic rings. The molecular weight excluding hydrogens is 928 g/mol. The molecular formula is C63H110N2O7P+. The average molecular weight is 1040 g/mol. The topological polar surface area (TPSA) is 111 Å². The van der Waals surface area contributed by atoms with Gasteiger partial charge < -0.3 is 19.4 Å². The SMILES string of the molecule is CC\C=C/C=C/C=C/C=C\C=C\C=C\CCCCCC(=O)OC(/C=C/CCCCCCCCCCC)C(COP(=O)(O)OCC[N+](C)(C)C)NC(=O)CCCCCCCCCCC/C=C\C/C=C\CCCCC. The number of carbonyl (C=O) groups is 2. The highest BCUT2D eigenvalue weighted by atomic mass is 31.2. The van der Waals surface area contributed by atoms with Gasteiger partial charge in [0.25, 0.3) is 0 Å². The Hall–Kier alpha value is -3.33. The van der Waals surface area contributed by atoms with Crippen LogP contribution in [0.2, 0.25) is 0 Å². The molecule has 0 spiro atoms. The van der Waals surface area contributed by atoms with Gasteiger partial charge in [0.2, 0.25) is 5.91 Å². The number of unbranched alkanes of at least 4 members (excludes halogenated alkanes) is 24. The van der Waals surface area contributed by atoms with E-state index in [4.69, 9.17) is 13.8 Å². The number of esters is 1. The first kappa shape index (κ1) is 69.7. The number of rotatable bonds is 51. The van der Waals surface area contributed by atoms with Crippen LogP contribution in [0.15, 0.2) is 109 Å². The van der Waals surface area contributed by atoms with Crippen LogP contribution in [-0.2, 0) is 27.9 Å². The smallest absolute Gasteiger partial charge is 0.456 e. The number of amides is 1. The molecule has 1 amide bonds. The molecule has 418 valence electrons. The van der Waals surface area contributed by atoms with Gasteiger partial charge in [-0.2, -0.15) is 0 Å². The first-order chi connectivity index (χ1) is 35.4. The van der Waals surface area contributed by atoms with E-state index in [1.165, 1.54) is 103 Å². The fourth-order valence-corrected chi connectivity index (χ4v) is 8.56. The number of likely N-dealkylation sites (N-methyl/N-ethyl adjacent to an activating group) is 1. The van der Waals surface area contributed by atoms with Crippen LogP contribution >= 0.6 is 7.82 Å². The minimum absolute atomic E-state index is 0.0260. The Morgan fingerprint density at radius 3 is 1.47 bits per heavy atom. The summed E-state index contributed by atoms with van der Waals surface area (Å²) in [7, 11) is 1.45. The Morgan fingerprint density at radius 2 is 0.932 bits per heavy atom. The molecule has 0 saturated heterocycles. The standard InChI is InChI=1S/C63H109N2O7P/c1-7-10-13-16-19-22-25-27-29-31-32-34-35-37-40-43-46-49-52-55-62(66)64-60(59-71-73(68,69)70-58-57-65(4,5)6)61(54-51-48-45-42-39-24-21-18-15-12-9-3)72-63(67)56-53-50-47-44-41-38-36-33-30-28-26-23-20-17-14-11-8-2/h11,14,17,19-20,22-23,26-30,33,36,38,41,51,54,60-61H,7-10,12-13,15-16,18,21,24-25,31-32,34-35,37,39-40,42-50,52-53,55-59H2,1-6H3,(H-,64,66,68,69)/p+1/b14-11-,20-17+,22-19-,26-23+,29-27-,30-28-,36-33+,41-38+,54-51+. The van der Waals surface area contributed by atoms with Crippen molar-refractivity contribution in [2.45, 2.75) is 238 Å². The van der Waals surface area contributed by atoms with Gasteiger partial charge in [0.05, 0.1) is 33.8 Å². The molecule has 2 N–H and O–H groups in total. The maximum Gasteiger partial charge on any atom is 0.472 e. The van der Waals surface area contributed by atoms with Gasteiger partial charge in [-0.05, 0) is 83.1 Å². The molecule has 0 fully saturated rings. The summed E-state index contributed by atoms with van der Waals surface area (Å²) in [5.41, 5.74) is 0. The molecule has 0 aromatic carbocycles. The van der Waals surface area contributed by atoms with Crippen LogP contribution in [0.1, 0.15) is 226 Å². The van der Waals surface area contributed by atoms with Gasteiger partial charge in [-0.1, -0.05) is 240 Å². The Morgan fingerprint density at radius 1 is 0.507 bits per heavy atom. The molecule has 73 heavy (non-hydrogen) atoms. The monoisotopic (exact) mass is 1040 g/mol. The second-order valence-electron chi connectivity index (χ2n) is 20.6. The number of hydrogen-bond donors (Lipinski definition) is 2. The van der Waals surface area contributed by atoms with Crippen LogP contribution in [0.3, 0.4) is 0 Å². The van der Waals surface area contributed by atoms with Crippen LogP contribution in [0.5, 0.6) is 0 Å². The van der Waals surface area contributed by atoms with Gasteiger partial charge >= 0.3 is 13.8 Å². The molecule has 0 heterocycles. The highest BCUT2D eigenvalue weighted by molar-refractivity contribution is 7.47. The van der Waals surface area contributed by atoms with E-state index in [9.17, 15) is 19.0 Å². The van der Waals surface area contributed by atoms with Gasteiger partial charge in [-0.15, -0.1) is 0 Å². The van der Waals surface area contributed by atoms with Crippen molar-refractivity contribution in [3.63, 3.8) is 0 Å². The third-order valence-electron chi connectivity index (χ3n) is 12.4. The Balaban J connectivity index is 5.38. The number of carbonyl (C=O) groups excluding carboxylic acids is 2. The minimum atomic E-state index is -4.46. The molecule has 0 aliphatic carbocycles. The highest BCUT2D eigenvalue weighted by Crippen LogP contribution is 2.43. The quantitative estimate of drug-likeness (QED) is 0.0156. The van der Waals surface area contributed by atoms with Crippen molar-refractivity contribution >= 4 is 19.7 Å². The fraction of sp³-hybridized carbons (Fsp3) is 0.683. The highest BCUT2D eigenvalue weighted by Gasteiger charge is 2.30. The van der Waals surface area contributed by atoms with Gasteiger partial charge in [-0.25, -0.2) is 4.57 Å². The number of quaternary nitrogens is 1. The molecule has 3 unspecified atom stereocenters. The molecule has 0 radical (unpaired) electrons. The molecule has 0 aliphatic rings. The fourth-order valence-electron chi connectivity index (χ4n) is 7.82. The van der Waals surface area contributed by atoms with Gasteiger partial charge in [0, 0.05) is 12.8 Å². The molecule has 0 aliphatic heterocycles. The van der Waals surface area contributed by atoms with Crippen molar-refractivity contribution in [3.05, 3.63) is 109 Å². The first-order valence-corrected chi connectivity index (χ1v) is 30.8. The number of ether oxygens (including phenoxy) is 1. The third kappa shape index (κ3) is 53.3. The van der Waals surface area contributed by atoms with Gasteiger partial charge in [0.15, 0.2) is 0 Å². The van der Waals surface area contributed by atoms with Crippen LogP contribution in [0.25, 0.3) is 0 Å². The summed E-state index contributed by atoms with van der Waals surface area (Å²) in [6.07, 6.45) is 70.8. The Bertz CT molecular complexity index is 1620. The Kier molecular flexibility index (Phi) is 49.7. The summed E-state index contributed by atoms with van der Waals surface area (Å²) in [5, 5.41) is 3.03. The number of phosphoric acid groups is 1. The summed E-state index contributed by atoms with van der Waals surface area (Å²) < 4.78 is 30.6. The number of allylic oxidation sites excluding steroid dienone is 17. The average Bonchev–Trinajstić information content (AvgIpc) is 3.35. The third-order valence-corrected chi connectivity index (χ3v) is 13.3. The summed E-state index contributed by atoms with van der Waals surface area (Å²) in [6, 6.07) is -0.875. The molecule has 0 bridgehead atoms. The van der Waals surface area contributed by atoms with Crippen LogP contribution < -0.4 is 5.32 Å². The lowest BCUT2D eigenvalue weighted by Gasteiger charge is -2.27. The van der Waals surface area contributed by atoms with E-state index in [0.717, 1.165) is 83.5 Å². The van der Waals surface area contributed by atoms with E-state index in [1.54, 1.807) is 0 Å². The van der Waals surface area contributed by atoms with Crippen molar-refractivity contribution in [2.75, 3.05) is 40.9 Å². The second-order valence-corrected chi connectivity index (χ2v) is 22.0. The number of nitrogens with one attached hydrogen (secondary N) is 1. The number of phosphoric ester groups is 1. The molecule has 0 rings (SSSR count). The normalized spacial score (nSPS) is 14.6. The molecule has 3 atom stereocenters.